The van der Waals surface area contributed by atoms with Gasteiger partial charge in [0.2, 0.25) is 0 Å². The Morgan fingerprint density at radius 2 is 1.46 bits per heavy atom. The Bertz CT molecular complexity index is 1080. The summed E-state index contributed by atoms with van der Waals surface area (Å²) < 4.78 is 16.8. The molecule has 0 aromatic heterocycles. The summed E-state index contributed by atoms with van der Waals surface area (Å²) in [6.45, 7) is 16.4. The smallest absolute Gasteiger partial charge is 0.323 e. The Labute approximate surface area is 247 Å². The van der Waals surface area contributed by atoms with E-state index in [1.807, 2.05) is 32.1 Å². The van der Waals surface area contributed by atoms with Crippen LogP contribution in [0.1, 0.15) is 77.5 Å². The molecule has 1 aromatic carbocycles. The Kier molecular flexibility index (Phi) is 14.6. The van der Waals surface area contributed by atoms with Gasteiger partial charge >= 0.3 is 11.9 Å². The summed E-state index contributed by atoms with van der Waals surface area (Å²) in [4.78, 5) is 24.8. The number of hydrogen-bond donors (Lipinski definition) is 3. The number of ether oxygens (including phenoxy) is 3. The third-order valence-corrected chi connectivity index (χ3v) is 8.56. The highest BCUT2D eigenvalue weighted by Gasteiger charge is 2.24. The molecule has 0 radical (unpaired) electrons. The number of esters is 2. The van der Waals surface area contributed by atoms with Gasteiger partial charge in [0.15, 0.2) is 0 Å². The molecule has 41 heavy (non-hydrogen) atoms. The largest absolute Gasteiger partial charge is 0.508 e. The van der Waals surface area contributed by atoms with Gasteiger partial charge in [0.1, 0.15) is 29.9 Å². The van der Waals surface area contributed by atoms with Gasteiger partial charge in [-0.2, -0.15) is 0 Å². The highest BCUT2D eigenvalue weighted by molar-refractivity contribution is 7.53. The molecule has 2 rings (SSSR count). The van der Waals surface area contributed by atoms with Crippen LogP contribution < -0.4 is 14.9 Å². The van der Waals surface area contributed by atoms with Crippen LogP contribution in [-0.2, 0) is 25.5 Å². The van der Waals surface area contributed by atoms with Crippen molar-refractivity contribution in [3.8, 4) is 5.75 Å². The van der Waals surface area contributed by atoms with Gasteiger partial charge in [-0.3, -0.25) is 19.8 Å². The van der Waals surface area contributed by atoms with Crippen LogP contribution in [0.5, 0.6) is 5.75 Å². The first-order valence-corrected chi connectivity index (χ1v) is 16.1. The van der Waals surface area contributed by atoms with Gasteiger partial charge in [-0.05, 0) is 105 Å². The van der Waals surface area contributed by atoms with Gasteiger partial charge < -0.3 is 19.3 Å². The summed E-state index contributed by atoms with van der Waals surface area (Å²) >= 11 is 0. The third kappa shape index (κ3) is 11.3. The summed E-state index contributed by atoms with van der Waals surface area (Å²) in [7, 11) is -1.29. The number of nitrogens with one attached hydrogen (secondary N) is 2. The van der Waals surface area contributed by atoms with E-state index in [9.17, 15) is 14.7 Å². The fraction of sp³-hybridized carbons (Fsp3) is 0.562. The fourth-order valence-electron chi connectivity index (χ4n) is 4.37. The summed E-state index contributed by atoms with van der Waals surface area (Å²) in [5, 5.41) is 16.9. The maximum atomic E-state index is 12.4. The summed E-state index contributed by atoms with van der Waals surface area (Å²) in [5.41, 5.74) is 5.65. The standard InChI is InChI=1S/C32H49N2O6P/c1-9-15-38-31(36)24(7)33-41(34-25(8)32(37)39-16-10-2)20-40-27-17-22(5)29(23(6)18-27)19-26-11-13-28(21(3)4)30(35)14-12-26/h11-12,14,17-18,21,24-25,33-35H,9-10,13,15-16,19-20H2,1-8H3/t24-,25-/m0/s1. The molecular formula is C32H49N2O6P. The van der Waals surface area contributed by atoms with Crippen molar-refractivity contribution in [2.45, 2.75) is 93.2 Å². The van der Waals surface area contributed by atoms with Gasteiger partial charge in [0.25, 0.3) is 0 Å². The van der Waals surface area contributed by atoms with E-state index in [2.05, 4.69) is 43.9 Å². The van der Waals surface area contributed by atoms with Crippen LogP contribution in [-0.4, -0.2) is 48.7 Å². The molecule has 0 unspecified atom stereocenters. The molecule has 0 bridgehead atoms. The lowest BCUT2D eigenvalue weighted by Gasteiger charge is -2.26. The van der Waals surface area contributed by atoms with E-state index in [4.69, 9.17) is 14.2 Å². The molecule has 8 nitrogen and oxygen atoms in total. The molecule has 1 aliphatic rings. The molecule has 0 aliphatic heterocycles. The van der Waals surface area contributed by atoms with Crippen LogP contribution in [0.15, 0.2) is 47.3 Å². The average Bonchev–Trinajstić information content (AvgIpc) is 3.11. The van der Waals surface area contributed by atoms with Crippen LogP contribution >= 0.6 is 8.22 Å². The zero-order valence-electron chi connectivity index (χ0n) is 26.0. The normalized spacial score (nSPS) is 15.0. The SMILES string of the molecule is CCCOC(=O)[C@H](C)NP(COc1cc(C)c(CC2=CCC(C(C)C)=C(O)C=C2)c(C)c1)N[C@@H](C)C(=O)OCCC. The first-order chi connectivity index (χ1) is 19.5. The Morgan fingerprint density at radius 3 is 1.95 bits per heavy atom. The molecule has 2 atom stereocenters. The minimum atomic E-state index is -1.29. The van der Waals surface area contributed by atoms with E-state index >= 15 is 0 Å². The number of aryl methyl sites for hydroxylation is 2. The maximum Gasteiger partial charge on any atom is 0.323 e. The molecule has 0 saturated heterocycles. The second kappa shape index (κ2) is 17.3. The van der Waals surface area contributed by atoms with Crippen molar-refractivity contribution >= 4 is 20.2 Å². The molecule has 0 saturated carbocycles. The second-order valence-corrected chi connectivity index (χ2v) is 12.5. The molecule has 0 fully saturated rings. The number of allylic oxidation sites excluding steroid dienone is 5. The molecule has 1 aromatic rings. The minimum absolute atomic E-state index is 0.237. The Hall–Kier alpha value is -2.67. The van der Waals surface area contributed by atoms with Gasteiger partial charge in [0.05, 0.1) is 21.4 Å². The third-order valence-electron chi connectivity index (χ3n) is 6.78. The minimum Gasteiger partial charge on any atom is -0.508 e. The lowest BCUT2D eigenvalue weighted by molar-refractivity contribution is -0.145. The van der Waals surface area contributed by atoms with Crippen LogP contribution in [0.2, 0.25) is 0 Å². The summed E-state index contributed by atoms with van der Waals surface area (Å²) in [6, 6.07) is 2.90. The van der Waals surface area contributed by atoms with Gasteiger partial charge in [0, 0.05) is 0 Å². The lowest BCUT2D eigenvalue weighted by atomic mass is 9.94. The number of benzene rings is 1. The predicted molar refractivity (Wildman–Crippen MR) is 166 cm³/mol. The first-order valence-electron chi connectivity index (χ1n) is 14.6. The molecular weight excluding hydrogens is 539 g/mol. The quantitative estimate of drug-likeness (QED) is 0.145. The van der Waals surface area contributed by atoms with E-state index in [1.54, 1.807) is 19.9 Å². The highest BCUT2D eigenvalue weighted by atomic mass is 31.1. The number of carbonyl (C=O) groups is 2. The van der Waals surface area contributed by atoms with Crippen LogP contribution in [0.4, 0.5) is 0 Å². The fourth-order valence-corrected chi connectivity index (χ4v) is 6.02. The Balaban J connectivity index is 2.13. The highest BCUT2D eigenvalue weighted by Crippen LogP contribution is 2.32. The first kappa shape index (κ1) is 34.5. The van der Waals surface area contributed by atoms with Crippen molar-refractivity contribution in [1.29, 1.82) is 0 Å². The molecule has 228 valence electrons. The molecule has 0 amide bonds. The van der Waals surface area contributed by atoms with E-state index in [0.717, 1.165) is 48.0 Å². The molecule has 0 heterocycles. The van der Waals surface area contributed by atoms with Gasteiger partial charge in [-0.1, -0.05) is 39.8 Å². The van der Waals surface area contributed by atoms with Gasteiger partial charge in [-0.15, -0.1) is 0 Å². The number of aliphatic hydroxyl groups is 1. The molecule has 9 heteroatoms. The van der Waals surface area contributed by atoms with Crippen molar-refractivity contribution in [2.24, 2.45) is 5.92 Å². The topological polar surface area (TPSA) is 106 Å². The second-order valence-electron chi connectivity index (χ2n) is 10.8. The number of hydrogen-bond acceptors (Lipinski definition) is 8. The number of aliphatic hydroxyl groups excluding tert-OH is 1. The number of carbonyl (C=O) groups excluding carboxylic acids is 2. The molecule has 3 N–H and O–H groups in total. The van der Waals surface area contributed by atoms with Crippen molar-refractivity contribution in [1.82, 2.24) is 10.2 Å². The van der Waals surface area contributed by atoms with Crippen LogP contribution in [0.3, 0.4) is 0 Å². The van der Waals surface area contributed by atoms with E-state index < -0.39 is 20.3 Å². The number of rotatable bonds is 16. The van der Waals surface area contributed by atoms with E-state index in [-0.39, 0.29) is 18.3 Å². The van der Waals surface area contributed by atoms with Gasteiger partial charge in [-0.25, -0.2) is 0 Å². The van der Waals surface area contributed by atoms with Crippen molar-refractivity contribution in [3.05, 3.63) is 64.0 Å². The summed E-state index contributed by atoms with van der Waals surface area (Å²) in [6.07, 6.45) is 9.23. The van der Waals surface area contributed by atoms with Crippen molar-refractivity contribution < 1.29 is 28.9 Å². The summed E-state index contributed by atoms with van der Waals surface area (Å²) in [5.74, 6) is 0.685. The van der Waals surface area contributed by atoms with Crippen LogP contribution in [0.25, 0.3) is 0 Å². The predicted octanol–water partition coefficient (Wildman–Crippen LogP) is 6.71. The van der Waals surface area contributed by atoms with Crippen molar-refractivity contribution in [2.75, 3.05) is 19.6 Å². The van der Waals surface area contributed by atoms with E-state index in [1.165, 1.54) is 5.56 Å². The maximum absolute atomic E-state index is 12.4. The Morgan fingerprint density at radius 1 is 0.927 bits per heavy atom. The average molecular weight is 589 g/mol. The molecule has 0 spiro atoms. The van der Waals surface area contributed by atoms with Crippen molar-refractivity contribution in [3.63, 3.8) is 0 Å². The van der Waals surface area contributed by atoms with E-state index in [0.29, 0.717) is 30.6 Å². The monoisotopic (exact) mass is 588 g/mol. The van der Waals surface area contributed by atoms with Crippen LogP contribution in [0, 0.1) is 19.8 Å². The lowest BCUT2D eigenvalue weighted by Crippen LogP contribution is -2.41. The zero-order chi connectivity index (χ0) is 30.5. The molecule has 1 aliphatic carbocycles. The zero-order valence-corrected chi connectivity index (χ0v) is 26.9.